The van der Waals surface area contributed by atoms with Crippen LogP contribution in [-0.4, -0.2) is 26.2 Å². The van der Waals surface area contributed by atoms with Gasteiger partial charge in [0.1, 0.15) is 5.00 Å². The van der Waals surface area contributed by atoms with Crippen LogP contribution in [0.1, 0.15) is 63.2 Å². The summed E-state index contributed by atoms with van der Waals surface area (Å²) in [6, 6.07) is 14.5. The summed E-state index contributed by atoms with van der Waals surface area (Å²) in [6.07, 6.45) is 8.67. The van der Waals surface area contributed by atoms with Gasteiger partial charge in [-0.1, -0.05) is 31.0 Å². The first-order valence-corrected chi connectivity index (χ1v) is 12.6. The standard InChI is InChI=1S/C28H33N3OS/c1-19-15-20(2)17-22(16-19)30-27(32)26-24-9-7-5-6-8-10-25(24)33-28(26)29-18-21-11-13-23(14-12-21)31(3)4/h11-18H,5-10H2,1-4H3,(H,30,32). The molecule has 0 unspecified atom stereocenters. The number of nitrogens with one attached hydrogen (secondary N) is 1. The first kappa shape index (κ1) is 23.2. The summed E-state index contributed by atoms with van der Waals surface area (Å²) in [6.45, 7) is 4.11. The van der Waals surface area contributed by atoms with Crippen LogP contribution in [0.3, 0.4) is 0 Å². The number of hydrogen-bond donors (Lipinski definition) is 1. The van der Waals surface area contributed by atoms with Crippen molar-refractivity contribution in [3.8, 4) is 0 Å². The third-order valence-electron chi connectivity index (χ3n) is 6.10. The maximum absolute atomic E-state index is 13.5. The molecule has 1 N–H and O–H groups in total. The lowest BCUT2D eigenvalue weighted by Gasteiger charge is -2.12. The van der Waals surface area contributed by atoms with E-state index in [1.807, 2.05) is 32.4 Å². The molecule has 5 heteroatoms. The topological polar surface area (TPSA) is 44.7 Å². The number of fused-ring (bicyclic) bond motifs is 1. The van der Waals surface area contributed by atoms with Crippen LogP contribution in [0.15, 0.2) is 47.5 Å². The lowest BCUT2D eigenvalue weighted by atomic mass is 9.96. The number of benzene rings is 2. The van der Waals surface area contributed by atoms with Gasteiger partial charge >= 0.3 is 0 Å². The second kappa shape index (κ2) is 10.3. The minimum Gasteiger partial charge on any atom is -0.378 e. The molecule has 0 fully saturated rings. The average Bonchev–Trinajstić information content (AvgIpc) is 3.08. The number of hydrogen-bond acceptors (Lipinski definition) is 4. The van der Waals surface area contributed by atoms with Gasteiger partial charge in [-0.3, -0.25) is 4.79 Å². The highest BCUT2D eigenvalue weighted by molar-refractivity contribution is 7.16. The van der Waals surface area contributed by atoms with Gasteiger partial charge in [-0.05, 0) is 86.1 Å². The zero-order valence-electron chi connectivity index (χ0n) is 20.1. The molecule has 0 bridgehead atoms. The number of thiophene rings is 1. The largest absolute Gasteiger partial charge is 0.378 e. The fraction of sp³-hybridized carbons (Fsp3) is 0.357. The van der Waals surface area contributed by atoms with Crippen molar-refractivity contribution in [2.24, 2.45) is 4.99 Å². The molecule has 33 heavy (non-hydrogen) atoms. The molecule has 1 aromatic heterocycles. The van der Waals surface area contributed by atoms with E-state index in [4.69, 9.17) is 4.99 Å². The normalized spacial score (nSPS) is 13.9. The number of anilines is 2. The van der Waals surface area contributed by atoms with E-state index in [2.05, 4.69) is 54.4 Å². The van der Waals surface area contributed by atoms with Crippen molar-refractivity contribution < 1.29 is 4.79 Å². The van der Waals surface area contributed by atoms with E-state index in [-0.39, 0.29) is 5.91 Å². The number of carbonyl (C=O) groups is 1. The molecule has 1 heterocycles. The van der Waals surface area contributed by atoms with Crippen molar-refractivity contribution in [3.05, 3.63) is 75.2 Å². The smallest absolute Gasteiger partial charge is 0.259 e. The third kappa shape index (κ3) is 5.72. The Kier molecular flexibility index (Phi) is 7.29. The minimum atomic E-state index is -0.0480. The molecule has 1 aliphatic carbocycles. The van der Waals surface area contributed by atoms with Crippen LogP contribution in [-0.2, 0) is 12.8 Å². The monoisotopic (exact) mass is 459 g/mol. The van der Waals surface area contributed by atoms with Gasteiger partial charge in [0.05, 0.1) is 5.56 Å². The summed E-state index contributed by atoms with van der Waals surface area (Å²) in [5.41, 5.74) is 7.28. The van der Waals surface area contributed by atoms with E-state index >= 15 is 0 Å². The van der Waals surface area contributed by atoms with Crippen LogP contribution >= 0.6 is 11.3 Å². The summed E-state index contributed by atoms with van der Waals surface area (Å²) in [7, 11) is 4.07. The second-order valence-electron chi connectivity index (χ2n) is 9.17. The van der Waals surface area contributed by atoms with Crippen molar-refractivity contribution in [2.45, 2.75) is 52.4 Å². The summed E-state index contributed by atoms with van der Waals surface area (Å²) < 4.78 is 0. The highest BCUT2D eigenvalue weighted by Gasteiger charge is 2.24. The van der Waals surface area contributed by atoms with Crippen LogP contribution in [0.4, 0.5) is 16.4 Å². The Labute approximate surface area is 201 Å². The molecule has 1 aliphatic rings. The Bertz CT molecular complexity index is 1140. The zero-order valence-corrected chi connectivity index (χ0v) is 20.9. The maximum Gasteiger partial charge on any atom is 0.259 e. The molecule has 4 nitrogen and oxygen atoms in total. The molecule has 2 aromatic carbocycles. The molecule has 0 atom stereocenters. The van der Waals surface area contributed by atoms with Crippen LogP contribution in [0.2, 0.25) is 0 Å². The van der Waals surface area contributed by atoms with E-state index < -0.39 is 0 Å². The number of nitrogens with zero attached hydrogens (tertiary/aromatic N) is 2. The van der Waals surface area contributed by atoms with Crippen molar-refractivity contribution in [2.75, 3.05) is 24.3 Å². The number of amides is 1. The molecule has 0 saturated heterocycles. The Morgan fingerprint density at radius 2 is 1.64 bits per heavy atom. The number of carbonyl (C=O) groups excluding carboxylic acids is 1. The zero-order chi connectivity index (χ0) is 23.4. The third-order valence-corrected chi connectivity index (χ3v) is 7.30. The number of aryl methyl sites for hydroxylation is 3. The lowest BCUT2D eigenvalue weighted by molar-refractivity contribution is 0.102. The number of rotatable bonds is 5. The summed E-state index contributed by atoms with van der Waals surface area (Å²) in [4.78, 5) is 21.8. The van der Waals surface area contributed by atoms with Crippen molar-refractivity contribution in [1.29, 1.82) is 0 Å². The van der Waals surface area contributed by atoms with E-state index in [0.717, 1.165) is 57.9 Å². The van der Waals surface area contributed by atoms with Crippen molar-refractivity contribution in [1.82, 2.24) is 0 Å². The molecule has 1 amide bonds. The van der Waals surface area contributed by atoms with Crippen LogP contribution < -0.4 is 10.2 Å². The summed E-state index contributed by atoms with van der Waals surface area (Å²) >= 11 is 1.69. The van der Waals surface area contributed by atoms with Gasteiger partial charge in [-0.2, -0.15) is 0 Å². The fourth-order valence-corrected chi connectivity index (χ4v) is 5.69. The first-order chi connectivity index (χ1) is 15.9. The molecule has 0 spiro atoms. The molecular formula is C28H33N3OS. The van der Waals surface area contributed by atoms with Gasteiger partial charge in [0, 0.05) is 36.6 Å². The molecule has 4 rings (SSSR count). The molecular weight excluding hydrogens is 426 g/mol. The van der Waals surface area contributed by atoms with Crippen LogP contribution in [0.5, 0.6) is 0 Å². The van der Waals surface area contributed by atoms with Gasteiger partial charge in [-0.15, -0.1) is 11.3 Å². The van der Waals surface area contributed by atoms with Gasteiger partial charge < -0.3 is 10.2 Å². The molecule has 3 aromatic rings. The highest BCUT2D eigenvalue weighted by atomic mass is 32.1. The molecule has 0 saturated carbocycles. The van der Waals surface area contributed by atoms with Gasteiger partial charge in [0.15, 0.2) is 0 Å². The van der Waals surface area contributed by atoms with Crippen LogP contribution in [0.25, 0.3) is 0 Å². The van der Waals surface area contributed by atoms with E-state index in [1.165, 1.54) is 29.7 Å². The lowest BCUT2D eigenvalue weighted by Crippen LogP contribution is -2.14. The van der Waals surface area contributed by atoms with Gasteiger partial charge in [0.25, 0.3) is 5.91 Å². The number of aliphatic imine (C=N–C) groups is 1. The summed E-state index contributed by atoms with van der Waals surface area (Å²) in [5.74, 6) is -0.0480. The predicted octanol–water partition coefficient (Wildman–Crippen LogP) is 7.09. The van der Waals surface area contributed by atoms with E-state index in [1.54, 1.807) is 11.3 Å². The predicted molar refractivity (Wildman–Crippen MR) is 142 cm³/mol. The molecule has 0 radical (unpaired) electrons. The minimum absolute atomic E-state index is 0.0480. The Morgan fingerprint density at radius 1 is 0.970 bits per heavy atom. The Morgan fingerprint density at radius 3 is 2.30 bits per heavy atom. The average molecular weight is 460 g/mol. The van der Waals surface area contributed by atoms with Gasteiger partial charge in [-0.25, -0.2) is 4.99 Å². The van der Waals surface area contributed by atoms with Crippen LogP contribution in [0, 0.1) is 13.8 Å². The Hall–Kier alpha value is -2.92. The molecule has 172 valence electrons. The highest BCUT2D eigenvalue weighted by Crippen LogP contribution is 2.39. The van der Waals surface area contributed by atoms with E-state index in [0.29, 0.717) is 0 Å². The first-order valence-electron chi connectivity index (χ1n) is 11.8. The van der Waals surface area contributed by atoms with Crippen molar-refractivity contribution >= 4 is 39.8 Å². The SMILES string of the molecule is Cc1cc(C)cc(NC(=O)c2c(N=Cc3ccc(N(C)C)cc3)sc3c2CCCCCC3)c1. The fourth-order valence-electron chi connectivity index (χ4n) is 4.46. The summed E-state index contributed by atoms with van der Waals surface area (Å²) in [5, 5.41) is 3.98. The quantitative estimate of drug-likeness (QED) is 0.414. The Balaban J connectivity index is 1.68. The second-order valence-corrected chi connectivity index (χ2v) is 10.3. The van der Waals surface area contributed by atoms with E-state index in [9.17, 15) is 4.79 Å². The van der Waals surface area contributed by atoms with Gasteiger partial charge in [0.2, 0.25) is 0 Å². The molecule has 0 aliphatic heterocycles. The maximum atomic E-state index is 13.5. The van der Waals surface area contributed by atoms with Crippen molar-refractivity contribution in [3.63, 3.8) is 0 Å².